The minimum Gasteiger partial charge on any atom is -0.354 e. The number of nitrogens with one attached hydrogen (secondary N) is 2. The monoisotopic (exact) mass is 431 g/mol. The molecule has 2 N–H and O–H groups in total. The predicted octanol–water partition coefficient (Wildman–Crippen LogP) is 4.59. The van der Waals surface area contributed by atoms with Gasteiger partial charge in [0.2, 0.25) is 5.91 Å². The zero-order valence-electron chi connectivity index (χ0n) is 16.4. The number of anilines is 2. The number of sulfonamides is 1. The molecule has 152 valence electrons. The molecule has 0 radical (unpaired) electrons. The molecule has 3 rings (SSSR count). The standard InChI is InChI=1S/C20H21N3O4S2/c1-12-5-6-16(11-13(12)2)23-29(25,26)19-10-8-17(28-19)7-9-18-20(21-15(4)24)14(3)22-27-18/h5-11,23H,1-4H3,(H,21,24). The topological polar surface area (TPSA) is 101 Å². The Morgan fingerprint density at radius 3 is 2.55 bits per heavy atom. The number of nitrogens with zero attached hydrogens (tertiary/aromatic N) is 1. The van der Waals surface area contributed by atoms with E-state index in [1.54, 1.807) is 43.3 Å². The molecule has 29 heavy (non-hydrogen) atoms. The summed E-state index contributed by atoms with van der Waals surface area (Å²) in [6.07, 6.45) is 3.36. The lowest BCUT2D eigenvalue weighted by Crippen LogP contribution is -2.11. The maximum absolute atomic E-state index is 12.7. The summed E-state index contributed by atoms with van der Waals surface area (Å²) in [6.45, 7) is 7.03. The number of thiophene rings is 1. The molecule has 0 saturated heterocycles. The maximum Gasteiger partial charge on any atom is 0.271 e. The lowest BCUT2D eigenvalue weighted by molar-refractivity contribution is -0.114. The molecule has 1 amide bonds. The molecule has 9 heteroatoms. The molecule has 2 heterocycles. The van der Waals surface area contributed by atoms with Crippen LogP contribution in [0.1, 0.15) is 34.4 Å². The van der Waals surface area contributed by atoms with Crippen LogP contribution in [0.2, 0.25) is 0 Å². The van der Waals surface area contributed by atoms with E-state index in [4.69, 9.17) is 4.52 Å². The van der Waals surface area contributed by atoms with Gasteiger partial charge in [0.1, 0.15) is 15.6 Å². The van der Waals surface area contributed by atoms with Gasteiger partial charge in [-0.2, -0.15) is 0 Å². The van der Waals surface area contributed by atoms with Gasteiger partial charge < -0.3 is 9.84 Å². The molecule has 0 atom stereocenters. The van der Waals surface area contributed by atoms with E-state index in [-0.39, 0.29) is 10.1 Å². The summed E-state index contributed by atoms with van der Waals surface area (Å²) >= 11 is 1.13. The molecule has 0 aliphatic heterocycles. The van der Waals surface area contributed by atoms with Crippen molar-refractivity contribution in [3.63, 3.8) is 0 Å². The minimum absolute atomic E-state index is 0.200. The zero-order valence-corrected chi connectivity index (χ0v) is 18.1. The molecular weight excluding hydrogens is 410 g/mol. The first-order valence-electron chi connectivity index (χ1n) is 8.77. The van der Waals surface area contributed by atoms with Gasteiger partial charge in [0.05, 0.1) is 0 Å². The molecule has 7 nitrogen and oxygen atoms in total. The molecule has 0 saturated carbocycles. The summed E-state index contributed by atoms with van der Waals surface area (Å²) in [5, 5.41) is 6.52. The van der Waals surface area contributed by atoms with Crippen molar-refractivity contribution in [1.82, 2.24) is 5.16 Å². The lowest BCUT2D eigenvalue weighted by Gasteiger charge is -2.08. The van der Waals surface area contributed by atoms with Gasteiger partial charge in [0.25, 0.3) is 10.0 Å². The smallest absolute Gasteiger partial charge is 0.271 e. The number of aryl methyl sites for hydroxylation is 3. The van der Waals surface area contributed by atoms with Crippen LogP contribution in [-0.2, 0) is 14.8 Å². The van der Waals surface area contributed by atoms with Gasteiger partial charge in [-0.25, -0.2) is 8.42 Å². The minimum atomic E-state index is -3.68. The molecule has 0 fully saturated rings. The second-order valence-corrected chi connectivity index (χ2v) is 9.61. The molecule has 0 aliphatic carbocycles. The first-order valence-corrected chi connectivity index (χ1v) is 11.1. The lowest BCUT2D eigenvalue weighted by atomic mass is 10.1. The van der Waals surface area contributed by atoms with E-state index < -0.39 is 10.0 Å². The molecule has 0 spiro atoms. The van der Waals surface area contributed by atoms with Crippen molar-refractivity contribution < 1.29 is 17.7 Å². The summed E-state index contributed by atoms with van der Waals surface area (Å²) in [4.78, 5) is 12.0. The van der Waals surface area contributed by atoms with Crippen molar-refractivity contribution in [1.29, 1.82) is 0 Å². The highest BCUT2D eigenvalue weighted by molar-refractivity contribution is 7.94. The van der Waals surface area contributed by atoms with Crippen LogP contribution in [0.5, 0.6) is 0 Å². The van der Waals surface area contributed by atoms with E-state index in [2.05, 4.69) is 15.2 Å². The summed E-state index contributed by atoms with van der Waals surface area (Å²) in [6, 6.07) is 8.68. The molecule has 0 bridgehead atoms. The third-order valence-electron chi connectivity index (χ3n) is 4.22. The van der Waals surface area contributed by atoms with Crippen LogP contribution in [0.4, 0.5) is 11.4 Å². The van der Waals surface area contributed by atoms with E-state index in [0.717, 1.165) is 22.5 Å². The van der Waals surface area contributed by atoms with E-state index in [0.29, 0.717) is 27.7 Å². The van der Waals surface area contributed by atoms with Crippen molar-refractivity contribution in [2.24, 2.45) is 0 Å². The number of carbonyl (C=O) groups is 1. The molecule has 0 unspecified atom stereocenters. The van der Waals surface area contributed by atoms with Crippen LogP contribution in [0.3, 0.4) is 0 Å². The van der Waals surface area contributed by atoms with E-state index in [9.17, 15) is 13.2 Å². The molecule has 1 aromatic carbocycles. The summed E-state index contributed by atoms with van der Waals surface area (Å²) in [7, 11) is -3.68. The Kier molecular flexibility index (Phi) is 5.90. The second-order valence-electron chi connectivity index (χ2n) is 6.58. The number of aromatic nitrogens is 1. The number of benzene rings is 1. The highest BCUT2D eigenvalue weighted by Gasteiger charge is 2.17. The summed E-state index contributed by atoms with van der Waals surface area (Å²) < 4.78 is 33.3. The fourth-order valence-corrected chi connectivity index (χ4v) is 4.84. The quantitative estimate of drug-likeness (QED) is 0.594. The number of hydrogen-bond donors (Lipinski definition) is 2. The Morgan fingerprint density at radius 1 is 1.10 bits per heavy atom. The highest BCUT2D eigenvalue weighted by atomic mass is 32.2. The van der Waals surface area contributed by atoms with Crippen molar-refractivity contribution in [2.75, 3.05) is 10.0 Å². The van der Waals surface area contributed by atoms with Gasteiger partial charge >= 0.3 is 0 Å². The SMILES string of the molecule is CC(=O)Nc1c(C)noc1C=Cc1ccc(S(=O)(=O)Nc2ccc(C)c(C)c2)s1. The number of rotatable bonds is 6. The van der Waals surface area contributed by atoms with E-state index >= 15 is 0 Å². The van der Waals surface area contributed by atoms with Gasteiger partial charge in [-0.1, -0.05) is 11.2 Å². The average Bonchev–Trinajstić information content (AvgIpc) is 3.24. The van der Waals surface area contributed by atoms with Gasteiger partial charge in [-0.05, 0) is 68.3 Å². The van der Waals surface area contributed by atoms with Gasteiger partial charge in [-0.15, -0.1) is 11.3 Å². The number of carbonyl (C=O) groups excluding carboxylic acids is 1. The molecule has 0 aliphatic rings. The maximum atomic E-state index is 12.7. The van der Waals surface area contributed by atoms with Crippen molar-refractivity contribution >= 4 is 50.8 Å². The van der Waals surface area contributed by atoms with Gasteiger partial charge in [0, 0.05) is 17.5 Å². The summed E-state index contributed by atoms with van der Waals surface area (Å²) in [5.41, 5.74) is 3.69. The van der Waals surface area contributed by atoms with Gasteiger partial charge in [0.15, 0.2) is 5.76 Å². The Balaban J connectivity index is 1.79. The average molecular weight is 432 g/mol. The molecular formula is C20H21N3O4S2. The Bertz CT molecular complexity index is 1190. The fraction of sp³-hybridized carbons (Fsp3) is 0.200. The molecule has 2 aromatic heterocycles. The normalized spacial score (nSPS) is 11.7. The van der Waals surface area contributed by atoms with Crippen molar-refractivity contribution in [3.05, 3.63) is 57.8 Å². The van der Waals surface area contributed by atoms with Crippen LogP contribution >= 0.6 is 11.3 Å². The summed E-state index contributed by atoms with van der Waals surface area (Å²) in [5.74, 6) is 0.164. The first kappa shape index (κ1) is 20.8. The van der Waals surface area contributed by atoms with E-state index in [1.165, 1.54) is 6.92 Å². The Labute approximate surface area is 173 Å². The third-order valence-corrected chi connectivity index (χ3v) is 7.14. The highest BCUT2D eigenvalue weighted by Crippen LogP contribution is 2.28. The number of hydrogen-bond acceptors (Lipinski definition) is 6. The van der Waals surface area contributed by atoms with Crippen molar-refractivity contribution in [2.45, 2.75) is 31.9 Å². The van der Waals surface area contributed by atoms with Crippen LogP contribution in [0.15, 0.2) is 39.1 Å². The molecule has 3 aromatic rings. The van der Waals surface area contributed by atoms with Crippen molar-refractivity contribution in [3.8, 4) is 0 Å². The van der Waals surface area contributed by atoms with Crippen LogP contribution in [0.25, 0.3) is 12.2 Å². The third kappa shape index (κ3) is 4.93. The largest absolute Gasteiger partial charge is 0.354 e. The predicted molar refractivity (Wildman–Crippen MR) is 116 cm³/mol. The van der Waals surface area contributed by atoms with Crippen LogP contribution in [0, 0.1) is 20.8 Å². The van der Waals surface area contributed by atoms with Crippen LogP contribution in [-0.4, -0.2) is 19.5 Å². The fourth-order valence-electron chi connectivity index (χ4n) is 2.57. The van der Waals surface area contributed by atoms with E-state index in [1.807, 2.05) is 19.9 Å². The zero-order chi connectivity index (χ0) is 21.2. The second kappa shape index (κ2) is 8.22. The van der Waals surface area contributed by atoms with Crippen LogP contribution < -0.4 is 10.0 Å². The Morgan fingerprint density at radius 2 is 1.86 bits per heavy atom. The first-order chi connectivity index (χ1) is 13.7. The number of amides is 1. The van der Waals surface area contributed by atoms with Gasteiger partial charge in [-0.3, -0.25) is 9.52 Å². The Hall–Kier alpha value is -2.91.